The highest BCUT2D eigenvalue weighted by atomic mass is 16.6. The fraction of sp³-hybridized carbons (Fsp3) is 0.241. The number of rotatable bonds is 6. The minimum absolute atomic E-state index is 0.0286. The average Bonchev–Trinajstić information content (AvgIpc) is 3.48. The third-order valence-corrected chi connectivity index (χ3v) is 6.55. The highest BCUT2D eigenvalue weighted by molar-refractivity contribution is 5.82. The normalized spacial score (nSPS) is 16.9. The van der Waals surface area contributed by atoms with E-state index in [0.29, 0.717) is 13.2 Å². The highest BCUT2D eigenvalue weighted by Crippen LogP contribution is 2.44. The van der Waals surface area contributed by atoms with E-state index in [1.807, 2.05) is 54.6 Å². The van der Waals surface area contributed by atoms with E-state index in [-0.39, 0.29) is 24.7 Å². The summed E-state index contributed by atoms with van der Waals surface area (Å²) in [5, 5.41) is 0. The molecule has 0 saturated carbocycles. The summed E-state index contributed by atoms with van der Waals surface area (Å²) in [6, 6.07) is 26.0. The molecule has 1 fully saturated rings. The van der Waals surface area contributed by atoms with Crippen molar-refractivity contribution >= 4 is 12.1 Å². The van der Waals surface area contributed by atoms with Crippen molar-refractivity contribution in [2.75, 3.05) is 13.2 Å². The molecule has 1 atom stereocenters. The van der Waals surface area contributed by atoms with Gasteiger partial charge in [-0.1, -0.05) is 84.9 Å². The molecule has 1 aliphatic heterocycles. The van der Waals surface area contributed by atoms with Crippen molar-refractivity contribution in [1.82, 2.24) is 4.90 Å². The first-order valence-corrected chi connectivity index (χ1v) is 11.7. The van der Waals surface area contributed by atoms with Crippen molar-refractivity contribution < 1.29 is 19.1 Å². The average molecular weight is 454 g/mol. The smallest absolute Gasteiger partial charge is 0.410 e. The molecule has 0 bridgehead atoms. The Hall–Kier alpha value is -3.86. The van der Waals surface area contributed by atoms with E-state index in [2.05, 4.69) is 24.3 Å². The number of fused-ring (bicyclic) bond motifs is 3. The van der Waals surface area contributed by atoms with Crippen LogP contribution in [0.4, 0.5) is 4.79 Å². The quantitative estimate of drug-likeness (QED) is 0.355. The molecule has 2 aliphatic rings. The maximum atomic E-state index is 12.9. The van der Waals surface area contributed by atoms with Crippen LogP contribution in [0.3, 0.4) is 0 Å². The molecule has 0 spiro atoms. The van der Waals surface area contributed by atoms with E-state index in [4.69, 9.17) is 9.47 Å². The zero-order valence-corrected chi connectivity index (χ0v) is 18.9. The van der Waals surface area contributed by atoms with E-state index in [0.717, 1.165) is 18.4 Å². The Labute approximate surface area is 199 Å². The van der Waals surface area contributed by atoms with Crippen molar-refractivity contribution in [3.05, 3.63) is 108 Å². The number of nitrogens with zero attached hydrogens (tertiary/aromatic N) is 1. The number of hydrogen-bond acceptors (Lipinski definition) is 4. The van der Waals surface area contributed by atoms with Gasteiger partial charge in [-0.2, -0.15) is 0 Å². The summed E-state index contributed by atoms with van der Waals surface area (Å²) in [6.45, 7) is 1.13. The summed E-state index contributed by atoms with van der Waals surface area (Å²) >= 11 is 0. The van der Waals surface area contributed by atoms with E-state index in [9.17, 15) is 9.59 Å². The molecule has 0 radical (unpaired) electrons. The van der Waals surface area contributed by atoms with Gasteiger partial charge in [-0.3, -0.25) is 0 Å². The fourth-order valence-corrected chi connectivity index (χ4v) is 4.86. The first-order chi connectivity index (χ1) is 16.7. The lowest BCUT2D eigenvalue weighted by Gasteiger charge is -2.23. The Balaban J connectivity index is 1.19. The second-order valence-electron chi connectivity index (χ2n) is 8.66. The Bertz CT molecular complexity index is 1160. The lowest BCUT2D eigenvalue weighted by Crippen LogP contribution is -2.35. The molecule has 0 unspecified atom stereocenters. The third kappa shape index (κ3) is 4.60. The van der Waals surface area contributed by atoms with Gasteiger partial charge in [-0.15, -0.1) is 0 Å². The van der Waals surface area contributed by atoms with Gasteiger partial charge in [0.2, 0.25) is 0 Å². The van der Waals surface area contributed by atoms with Crippen molar-refractivity contribution in [1.29, 1.82) is 0 Å². The molecule has 5 rings (SSSR count). The Kier molecular flexibility index (Phi) is 6.43. The van der Waals surface area contributed by atoms with E-state index in [1.54, 1.807) is 11.0 Å². The molecule has 172 valence electrons. The number of likely N-dealkylation sites (tertiary alicyclic amines) is 1. The molecule has 1 heterocycles. The first kappa shape index (κ1) is 22.0. The summed E-state index contributed by atoms with van der Waals surface area (Å²) in [7, 11) is 0. The van der Waals surface area contributed by atoms with Crippen LogP contribution in [0.2, 0.25) is 0 Å². The van der Waals surface area contributed by atoms with Crippen LogP contribution in [0.15, 0.2) is 91.0 Å². The molecule has 1 aliphatic carbocycles. The molecule has 34 heavy (non-hydrogen) atoms. The maximum absolute atomic E-state index is 12.9. The number of esters is 1. The lowest BCUT2D eigenvalue weighted by atomic mass is 9.98. The van der Waals surface area contributed by atoms with E-state index < -0.39 is 5.97 Å². The zero-order valence-electron chi connectivity index (χ0n) is 18.9. The second-order valence-corrected chi connectivity index (χ2v) is 8.66. The Morgan fingerprint density at radius 2 is 1.50 bits per heavy atom. The number of carbonyl (C=O) groups is 2. The largest absolute Gasteiger partial charge is 0.458 e. The van der Waals surface area contributed by atoms with Crippen LogP contribution in [0.1, 0.15) is 35.4 Å². The molecule has 5 heteroatoms. The van der Waals surface area contributed by atoms with Gasteiger partial charge in [0, 0.05) is 18.5 Å². The van der Waals surface area contributed by atoms with Crippen molar-refractivity contribution in [3.8, 4) is 11.1 Å². The second kappa shape index (κ2) is 9.96. The minimum Gasteiger partial charge on any atom is -0.458 e. The van der Waals surface area contributed by atoms with Crippen LogP contribution >= 0.6 is 0 Å². The topological polar surface area (TPSA) is 55.8 Å². The minimum atomic E-state index is -0.414. The molecule has 1 saturated heterocycles. The Morgan fingerprint density at radius 1 is 0.853 bits per heavy atom. The van der Waals surface area contributed by atoms with Gasteiger partial charge in [0.1, 0.15) is 13.2 Å². The van der Waals surface area contributed by atoms with Gasteiger partial charge in [0.05, 0.1) is 6.04 Å². The van der Waals surface area contributed by atoms with Gasteiger partial charge in [-0.05, 0) is 40.7 Å². The van der Waals surface area contributed by atoms with Crippen molar-refractivity contribution in [2.45, 2.75) is 31.4 Å². The maximum Gasteiger partial charge on any atom is 0.410 e. The fourth-order valence-electron chi connectivity index (χ4n) is 4.86. The molecular formula is C29H27NO4. The third-order valence-electron chi connectivity index (χ3n) is 6.55. The SMILES string of the molecule is O=C(/C=C/[C@H]1CCCN1C(=O)OCC1c2ccccc2-c2ccccc21)OCc1ccccc1. The summed E-state index contributed by atoms with van der Waals surface area (Å²) in [5.74, 6) is -0.385. The van der Waals surface area contributed by atoms with Crippen LogP contribution in [-0.2, 0) is 20.9 Å². The summed E-state index contributed by atoms with van der Waals surface area (Å²) < 4.78 is 11.1. The highest BCUT2D eigenvalue weighted by Gasteiger charge is 2.32. The Morgan fingerprint density at radius 3 is 2.21 bits per heavy atom. The number of benzene rings is 3. The number of ether oxygens (including phenoxy) is 2. The standard InChI is InChI=1S/C29H27NO4/c31-28(33-19-21-9-2-1-3-10-21)17-16-22-11-8-18-30(22)29(32)34-20-27-25-14-6-4-12-23(25)24-13-5-7-15-26(24)27/h1-7,9-10,12-17,22,27H,8,11,18-20H2/b17-16+/t22-/m1/s1. The van der Waals surface area contributed by atoms with Gasteiger partial charge in [-0.25, -0.2) is 9.59 Å². The molecule has 3 aromatic carbocycles. The molecule has 0 N–H and O–H groups in total. The summed E-state index contributed by atoms with van der Waals surface area (Å²) in [5.41, 5.74) is 5.72. The first-order valence-electron chi connectivity index (χ1n) is 11.7. The summed E-state index contributed by atoms with van der Waals surface area (Å²) in [6.07, 6.45) is 4.50. The zero-order chi connectivity index (χ0) is 23.3. The van der Waals surface area contributed by atoms with Crippen LogP contribution < -0.4 is 0 Å². The predicted molar refractivity (Wildman–Crippen MR) is 130 cm³/mol. The monoisotopic (exact) mass is 453 g/mol. The van der Waals surface area contributed by atoms with E-state index in [1.165, 1.54) is 28.3 Å². The molecule has 0 aromatic heterocycles. The van der Waals surface area contributed by atoms with Crippen LogP contribution in [0.5, 0.6) is 0 Å². The molecule has 3 aromatic rings. The molecular weight excluding hydrogens is 426 g/mol. The van der Waals surface area contributed by atoms with Gasteiger partial charge in [0.25, 0.3) is 0 Å². The van der Waals surface area contributed by atoms with Crippen molar-refractivity contribution in [2.24, 2.45) is 0 Å². The lowest BCUT2D eigenvalue weighted by molar-refractivity contribution is -0.139. The van der Waals surface area contributed by atoms with Crippen LogP contribution in [0, 0.1) is 0 Å². The van der Waals surface area contributed by atoms with Crippen molar-refractivity contribution in [3.63, 3.8) is 0 Å². The molecule has 1 amide bonds. The number of amides is 1. The van der Waals surface area contributed by atoms with Crippen LogP contribution in [-0.4, -0.2) is 36.2 Å². The van der Waals surface area contributed by atoms with Gasteiger partial charge in [0.15, 0.2) is 0 Å². The van der Waals surface area contributed by atoms with Gasteiger partial charge < -0.3 is 14.4 Å². The van der Waals surface area contributed by atoms with Crippen LogP contribution in [0.25, 0.3) is 11.1 Å². The predicted octanol–water partition coefficient (Wildman–Crippen LogP) is 5.70. The number of carbonyl (C=O) groups excluding carboxylic acids is 2. The molecule has 5 nitrogen and oxygen atoms in total. The van der Waals surface area contributed by atoms with Gasteiger partial charge >= 0.3 is 12.1 Å². The number of hydrogen-bond donors (Lipinski definition) is 0. The summed E-state index contributed by atoms with van der Waals surface area (Å²) in [4.78, 5) is 26.8. The van der Waals surface area contributed by atoms with E-state index >= 15 is 0 Å².